The predicted molar refractivity (Wildman–Crippen MR) is 63.4 cm³/mol. The van der Waals surface area contributed by atoms with Gasteiger partial charge in [0.25, 0.3) is 0 Å². The molecule has 0 bridgehead atoms. The Balaban J connectivity index is 2.95. The lowest BCUT2D eigenvalue weighted by Crippen LogP contribution is -2.21. The lowest BCUT2D eigenvalue weighted by Gasteiger charge is -2.15. The van der Waals surface area contributed by atoms with Gasteiger partial charge < -0.3 is 10.8 Å². The van der Waals surface area contributed by atoms with Crippen LogP contribution in [0.4, 0.5) is 5.69 Å². The van der Waals surface area contributed by atoms with Gasteiger partial charge in [-0.1, -0.05) is 28.1 Å². The van der Waals surface area contributed by atoms with Gasteiger partial charge in [0.15, 0.2) is 9.84 Å². The van der Waals surface area contributed by atoms with E-state index in [9.17, 15) is 13.5 Å². The van der Waals surface area contributed by atoms with E-state index in [0.717, 1.165) is 6.26 Å². The van der Waals surface area contributed by atoms with E-state index in [1.807, 2.05) is 0 Å². The summed E-state index contributed by atoms with van der Waals surface area (Å²) in [6, 6.07) is 6.42. The van der Waals surface area contributed by atoms with Crippen molar-refractivity contribution < 1.29 is 13.5 Å². The summed E-state index contributed by atoms with van der Waals surface area (Å²) in [5.74, 6) is 0. The van der Waals surface area contributed by atoms with Crippen molar-refractivity contribution in [1.29, 1.82) is 0 Å². The number of hydrogen-bond acceptors (Lipinski definition) is 4. The lowest BCUT2D eigenvalue weighted by atomic mass is 10.1. The number of nitrogens with two attached hydrogens (primary N) is 1. The van der Waals surface area contributed by atoms with E-state index in [0.29, 0.717) is 11.3 Å². The Bertz CT molecular complexity index is 429. The quantitative estimate of drug-likeness (QED) is 0.645. The highest BCUT2D eigenvalue weighted by atomic mass is 79.9. The first-order chi connectivity index (χ1) is 6.82. The summed E-state index contributed by atoms with van der Waals surface area (Å²) >= 11 is 2.95. The third-order valence-corrected chi connectivity index (χ3v) is 5.55. The van der Waals surface area contributed by atoms with Gasteiger partial charge in [-0.25, -0.2) is 8.42 Å². The van der Waals surface area contributed by atoms with E-state index in [1.165, 1.54) is 0 Å². The van der Waals surface area contributed by atoms with Gasteiger partial charge in [0.1, 0.15) is 10.3 Å². The SMILES string of the molecule is CS(=O)(=O)C(Br)C(O)c1ccc(N)cc1. The molecule has 0 aliphatic heterocycles. The van der Waals surface area contributed by atoms with Crippen molar-refractivity contribution >= 4 is 31.5 Å². The van der Waals surface area contributed by atoms with Crippen molar-refractivity contribution in [2.75, 3.05) is 12.0 Å². The van der Waals surface area contributed by atoms with E-state index in [2.05, 4.69) is 15.9 Å². The van der Waals surface area contributed by atoms with Crippen LogP contribution in [0.2, 0.25) is 0 Å². The molecule has 0 amide bonds. The first-order valence-corrected chi connectivity index (χ1v) is 7.06. The second-order valence-corrected chi connectivity index (χ2v) is 7.05. The van der Waals surface area contributed by atoms with Crippen molar-refractivity contribution in [2.45, 2.75) is 10.3 Å². The zero-order valence-electron chi connectivity index (χ0n) is 8.09. The van der Waals surface area contributed by atoms with Gasteiger partial charge in [-0.15, -0.1) is 0 Å². The molecule has 2 atom stereocenters. The number of alkyl halides is 1. The minimum Gasteiger partial charge on any atom is -0.399 e. The Morgan fingerprint density at radius 1 is 1.33 bits per heavy atom. The molecule has 0 saturated carbocycles. The fourth-order valence-corrected chi connectivity index (χ4v) is 2.01. The number of aliphatic hydroxyl groups excluding tert-OH is 1. The van der Waals surface area contributed by atoms with E-state index >= 15 is 0 Å². The molecule has 0 saturated heterocycles. The molecule has 4 nitrogen and oxygen atoms in total. The molecule has 15 heavy (non-hydrogen) atoms. The molecule has 0 radical (unpaired) electrons. The second kappa shape index (κ2) is 4.51. The maximum absolute atomic E-state index is 11.2. The van der Waals surface area contributed by atoms with Crippen LogP contribution in [0.1, 0.15) is 11.7 Å². The maximum Gasteiger partial charge on any atom is 0.163 e. The summed E-state index contributed by atoms with van der Waals surface area (Å²) in [6.45, 7) is 0. The number of rotatable bonds is 3. The van der Waals surface area contributed by atoms with Crippen LogP contribution in [-0.4, -0.2) is 23.9 Å². The monoisotopic (exact) mass is 293 g/mol. The Kier molecular flexibility index (Phi) is 3.75. The second-order valence-electron chi connectivity index (χ2n) is 3.29. The summed E-state index contributed by atoms with van der Waals surface area (Å²) < 4.78 is 21.4. The summed E-state index contributed by atoms with van der Waals surface area (Å²) in [5.41, 5.74) is 6.55. The zero-order valence-corrected chi connectivity index (χ0v) is 10.5. The lowest BCUT2D eigenvalue weighted by molar-refractivity contribution is 0.195. The van der Waals surface area contributed by atoms with Crippen LogP contribution in [0.3, 0.4) is 0 Å². The fourth-order valence-electron chi connectivity index (χ4n) is 1.08. The summed E-state index contributed by atoms with van der Waals surface area (Å²) in [7, 11) is -3.32. The number of nitrogen functional groups attached to an aromatic ring is 1. The number of aliphatic hydroxyl groups is 1. The smallest absolute Gasteiger partial charge is 0.163 e. The van der Waals surface area contributed by atoms with Crippen LogP contribution in [0, 0.1) is 0 Å². The minimum atomic E-state index is -3.32. The predicted octanol–water partition coefficient (Wildman–Crippen LogP) is 1.07. The van der Waals surface area contributed by atoms with Crippen LogP contribution in [0.25, 0.3) is 0 Å². The molecule has 0 fully saturated rings. The Morgan fingerprint density at radius 2 is 1.80 bits per heavy atom. The number of hydrogen-bond donors (Lipinski definition) is 2. The van der Waals surface area contributed by atoms with E-state index in [4.69, 9.17) is 5.73 Å². The Morgan fingerprint density at radius 3 is 2.20 bits per heavy atom. The molecule has 2 unspecified atom stereocenters. The molecule has 0 aliphatic rings. The van der Waals surface area contributed by atoms with Crippen LogP contribution in [0.15, 0.2) is 24.3 Å². The normalized spacial score (nSPS) is 15.9. The minimum absolute atomic E-state index is 0.511. The van der Waals surface area contributed by atoms with Crippen molar-refractivity contribution in [3.05, 3.63) is 29.8 Å². The van der Waals surface area contributed by atoms with Gasteiger partial charge in [-0.2, -0.15) is 0 Å². The van der Waals surface area contributed by atoms with Gasteiger partial charge in [-0.3, -0.25) is 0 Å². The third kappa shape index (κ3) is 3.19. The first-order valence-electron chi connectivity index (χ1n) is 4.19. The van der Waals surface area contributed by atoms with Gasteiger partial charge in [0, 0.05) is 11.9 Å². The topological polar surface area (TPSA) is 80.4 Å². The molecular formula is C9H12BrNO3S. The molecule has 0 aromatic heterocycles. The molecule has 1 rings (SSSR count). The summed E-state index contributed by atoms with van der Waals surface area (Å²) in [6.07, 6.45) is -0.0342. The van der Waals surface area contributed by atoms with Crippen molar-refractivity contribution in [1.82, 2.24) is 0 Å². The van der Waals surface area contributed by atoms with Crippen molar-refractivity contribution in [3.8, 4) is 0 Å². The van der Waals surface area contributed by atoms with Crippen LogP contribution in [-0.2, 0) is 9.84 Å². The number of benzene rings is 1. The van der Waals surface area contributed by atoms with Gasteiger partial charge in [0.05, 0.1) is 0 Å². The average Bonchev–Trinajstić information content (AvgIpc) is 2.15. The number of sulfone groups is 1. The average molecular weight is 294 g/mol. The fraction of sp³-hybridized carbons (Fsp3) is 0.333. The highest BCUT2D eigenvalue weighted by Crippen LogP contribution is 2.26. The molecule has 0 heterocycles. The molecule has 0 spiro atoms. The molecule has 3 N–H and O–H groups in total. The Hall–Kier alpha value is -0.590. The number of halogens is 1. The maximum atomic E-state index is 11.2. The molecule has 0 aliphatic carbocycles. The zero-order chi connectivity index (χ0) is 11.6. The summed E-state index contributed by atoms with van der Waals surface area (Å²) in [5, 5.41) is 9.75. The molecule has 6 heteroatoms. The highest BCUT2D eigenvalue weighted by Gasteiger charge is 2.26. The van der Waals surface area contributed by atoms with Crippen molar-refractivity contribution in [3.63, 3.8) is 0 Å². The van der Waals surface area contributed by atoms with E-state index in [1.54, 1.807) is 24.3 Å². The number of anilines is 1. The van der Waals surface area contributed by atoms with Crippen LogP contribution >= 0.6 is 15.9 Å². The molecule has 84 valence electrons. The first kappa shape index (κ1) is 12.5. The third-order valence-electron chi connectivity index (χ3n) is 1.94. The van der Waals surface area contributed by atoms with Crippen LogP contribution < -0.4 is 5.73 Å². The van der Waals surface area contributed by atoms with E-state index in [-0.39, 0.29) is 0 Å². The summed E-state index contributed by atoms with van der Waals surface area (Å²) in [4.78, 5) is 0. The molecular weight excluding hydrogens is 282 g/mol. The standard InChI is InChI=1S/C9H12BrNO3S/c1-15(13,14)9(10)8(12)6-2-4-7(11)5-3-6/h2-5,8-9,12H,11H2,1H3. The van der Waals surface area contributed by atoms with Gasteiger partial charge >= 0.3 is 0 Å². The van der Waals surface area contributed by atoms with Crippen molar-refractivity contribution in [2.24, 2.45) is 0 Å². The van der Waals surface area contributed by atoms with Gasteiger partial charge in [-0.05, 0) is 17.7 Å². The highest BCUT2D eigenvalue weighted by molar-refractivity contribution is 9.11. The van der Waals surface area contributed by atoms with Gasteiger partial charge in [0.2, 0.25) is 0 Å². The molecule has 1 aromatic carbocycles. The Labute approximate surface area is 97.2 Å². The van der Waals surface area contributed by atoms with E-state index < -0.39 is 20.1 Å². The van der Waals surface area contributed by atoms with Crippen LogP contribution in [0.5, 0.6) is 0 Å². The molecule has 1 aromatic rings. The largest absolute Gasteiger partial charge is 0.399 e.